The molecule has 0 radical (unpaired) electrons. The van der Waals surface area contributed by atoms with Crippen molar-refractivity contribution in [2.75, 3.05) is 46.4 Å². The summed E-state index contributed by atoms with van der Waals surface area (Å²) in [5.41, 5.74) is 3.13. The lowest BCUT2D eigenvalue weighted by molar-refractivity contribution is -0.124. The molecule has 2 aromatic heterocycles. The highest BCUT2D eigenvalue weighted by atomic mass is 32.1. The van der Waals surface area contributed by atoms with Gasteiger partial charge in [-0.15, -0.1) is 22.7 Å². The van der Waals surface area contributed by atoms with Crippen molar-refractivity contribution in [2.24, 2.45) is 5.92 Å². The Morgan fingerprint density at radius 3 is 2.49 bits per heavy atom. The first kappa shape index (κ1) is 39.9. The summed E-state index contributed by atoms with van der Waals surface area (Å²) in [6.45, 7) is 8.67. The average Bonchev–Trinajstić information content (AvgIpc) is 3.51. The van der Waals surface area contributed by atoms with Crippen LogP contribution in [0.25, 0.3) is 0 Å². The molecule has 2 aliphatic rings. The molecular weight excluding hydrogens is 735 g/mol. The summed E-state index contributed by atoms with van der Waals surface area (Å²) in [5, 5.41) is 9.33. The molecule has 290 valence electrons. The molecule has 55 heavy (non-hydrogen) atoms. The summed E-state index contributed by atoms with van der Waals surface area (Å²) in [5.74, 6) is 6.39. The van der Waals surface area contributed by atoms with Crippen molar-refractivity contribution in [3.05, 3.63) is 104 Å². The number of aromatic nitrogens is 2. The molecule has 1 aliphatic carbocycles. The predicted molar refractivity (Wildman–Crippen MR) is 213 cm³/mol. The van der Waals surface area contributed by atoms with Gasteiger partial charge < -0.3 is 29.9 Å². The fourth-order valence-corrected chi connectivity index (χ4v) is 7.75. The van der Waals surface area contributed by atoms with Gasteiger partial charge in [-0.05, 0) is 30.5 Å². The van der Waals surface area contributed by atoms with Crippen molar-refractivity contribution < 1.29 is 23.9 Å². The molecule has 0 bridgehead atoms. The van der Waals surface area contributed by atoms with E-state index >= 15 is 0 Å². The van der Waals surface area contributed by atoms with Gasteiger partial charge in [0.2, 0.25) is 5.91 Å². The van der Waals surface area contributed by atoms with E-state index in [2.05, 4.69) is 46.2 Å². The number of carbonyl (C=O) groups excluding carboxylic acids is 3. The number of rotatable bonds is 15. The molecule has 0 spiro atoms. The molecule has 3 heterocycles. The molecule has 2 N–H and O–H groups in total. The highest BCUT2D eigenvalue weighted by Crippen LogP contribution is 2.45. The monoisotopic (exact) mass is 783 g/mol. The highest BCUT2D eigenvalue weighted by molar-refractivity contribution is 7.09. The number of hydrogen-bond donors (Lipinski definition) is 2. The van der Waals surface area contributed by atoms with E-state index in [1.807, 2.05) is 66.0 Å². The molecule has 3 atom stereocenters. The molecule has 14 heteroatoms. The Kier molecular flexibility index (Phi) is 13.9. The zero-order chi connectivity index (χ0) is 38.6. The van der Waals surface area contributed by atoms with Gasteiger partial charge in [0.1, 0.15) is 12.1 Å². The largest absolute Gasteiger partial charge is 0.444 e. The van der Waals surface area contributed by atoms with Crippen LogP contribution >= 0.6 is 22.7 Å². The summed E-state index contributed by atoms with van der Waals surface area (Å²) in [6, 6.07) is 18.3. The minimum absolute atomic E-state index is 0.103. The Hall–Kier alpha value is -4.81. The summed E-state index contributed by atoms with van der Waals surface area (Å²) in [6.07, 6.45) is 2.03. The van der Waals surface area contributed by atoms with E-state index in [1.165, 1.54) is 11.3 Å². The Bertz CT molecular complexity index is 1910. The Morgan fingerprint density at radius 2 is 1.80 bits per heavy atom. The zero-order valence-electron chi connectivity index (χ0n) is 31.6. The van der Waals surface area contributed by atoms with Gasteiger partial charge >= 0.3 is 12.1 Å². The summed E-state index contributed by atoms with van der Waals surface area (Å²) in [7, 11) is 1.72. The molecule has 12 nitrogen and oxygen atoms in total. The van der Waals surface area contributed by atoms with Crippen LogP contribution in [0.1, 0.15) is 59.3 Å². The third-order valence-corrected chi connectivity index (χ3v) is 11.6. The molecular formula is C41H49N7O5S2. The number of amides is 4. The summed E-state index contributed by atoms with van der Waals surface area (Å²) >= 11 is 3.00. The van der Waals surface area contributed by atoms with Crippen LogP contribution in [-0.2, 0) is 34.0 Å². The smallest absolute Gasteiger partial charge is 0.410 e. The number of nitrogens with zero attached hydrogens (tertiary/aromatic N) is 5. The SMILES string of the molecule is CC(C)c1nc(CN(C)C(=O)NC2(C(=O)NC(C#Cc3ccccc3)CCN(Cc3ccccc3)C(=O)OCc3cncs3)CC2CN2CCOCC2)cs1. The molecule has 3 unspecified atom stereocenters. The predicted octanol–water partition coefficient (Wildman–Crippen LogP) is 5.72. The van der Waals surface area contributed by atoms with E-state index in [4.69, 9.17) is 14.5 Å². The summed E-state index contributed by atoms with van der Waals surface area (Å²) in [4.78, 5) is 56.9. The van der Waals surface area contributed by atoms with Gasteiger partial charge in [-0.25, -0.2) is 14.6 Å². The van der Waals surface area contributed by atoms with E-state index < -0.39 is 17.7 Å². The number of benzene rings is 2. The van der Waals surface area contributed by atoms with Crippen LogP contribution in [0.5, 0.6) is 0 Å². The number of urea groups is 1. The van der Waals surface area contributed by atoms with Gasteiger partial charge in [0.05, 0.1) is 46.9 Å². The van der Waals surface area contributed by atoms with Gasteiger partial charge in [0.15, 0.2) is 0 Å². The minimum atomic E-state index is -1.13. The van der Waals surface area contributed by atoms with Crippen LogP contribution in [0.2, 0.25) is 0 Å². The number of ether oxygens (including phenoxy) is 2. The normalized spacial score (nSPS) is 18.4. The maximum atomic E-state index is 14.5. The Balaban J connectivity index is 1.20. The topological polar surface area (TPSA) is 129 Å². The maximum absolute atomic E-state index is 14.5. The third kappa shape index (κ3) is 11.4. The lowest BCUT2D eigenvalue weighted by Gasteiger charge is -2.29. The van der Waals surface area contributed by atoms with Crippen LogP contribution in [0.4, 0.5) is 9.59 Å². The summed E-state index contributed by atoms with van der Waals surface area (Å²) < 4.78 is 11.3. The molecule has 1 saturated carbocycles. The van der Waals surface area contributed by atoms with Gasteiger partial charge in [-0.2, -0.15) is 0 Å². The fourth-order valence-electron chi connectivity index (χ4n) is 6.42. The average molecular weight is 784 g/mol. The van der Waals surface area contributed by atoms with Crippen molar-refractivity contribution in [1.29, 1.82) is 0 Å². The van der Waals surface area contributed by atoms with Crippen LogP contribution in [-0.4, -0.2) is 101 Å². The number of hydrogen-bond acceptors (Lipinski definition) is 10. The number of thiazole rings is 2. The van der Waals surface area contributed by atoms with Crippen molar-refractivity contribution in [3.8, 4) is 11.8 Å². The molecule has 2 aromatic carbocycles. The highest BCUT2D eigenvalue weighted by Gasteiger charge is 2.61. The van der Waals surface area contributed by atoms with Gasteiger partial charge in [0.25, 0.3) is 0 Å². The second kappa shape index (κ2) is 19.2. The first-order valence-electron chi connectivity index (χ1n) is 18.7. The fraction of sp³-hybridized carbons (Fsp3) is 0.439. The van der Waals surface area contributed by atoms with Gasteiger partial charge in [-0.3, -0.25) is 14.7 Å². The van der Waals surface area contributed by atoms with Crippen molar-refractivity contribution in [3.63, 3.8) is 0 Å². The minimum Gasteiger partial charge on any atom is -0.444 e. The van der Waals surface area contributed by atoms with E-state index in [1.54, 1.807) is 39.9 Å². The first-order valence-corrected chi connectivity index (χ1v) is 20.4. The van der Waals surface area contributed by atoms with Crippen LogP contribution in [0, 0.1) is 17.8 Å². The molecule has 1 saturated heterocycles. The maximum Gasteiger partial charge on any atom is 0.410 e. The Morgan fingerprint density at radius 1 is 1.05 bits per heavy atom. The lowest BCUT2D eigenvalue weighted by Crippen LogP contribution is -2.56. The van der Waals surface area contributed by atoms with Crippen molar-refractivity contribution in [2.45, 2.75) is 63.9 Å². The standard InChI is InChI=1S/C41H49N7O5S2/c1-30(2)37-43-35(28-54-37)26-46(3)39(50)45-41(22-33(41)25-47-18-20-52-21-19-47)38(49)44-34(15-14-31-10-6-4-7-11-31)16-17-48(24-32-12-8-5-9-13-32)40(51)53-27-36-23-42-29-55-36/h4-13,23,28-30,33-34H,16-22,24-27H2,1-3H3,(H,44,49)(H,45,50). The number of morpholine rings is 1. The number of carbonyl (C=O) groups is 3. The molecule has 1 aliphatic heterocycles. The molecule has 4 aromatic rings. The van der Waals surface area contributed by atoms with Gasteiger partial charge in [-0.1, -0.05) is 74.2 Å². The molecule has 6 rings (SSSR count). The molecule has 2 fully saturated rings. The van der Waals surface area contributed by atoms with Crippen molar-refractivity contribution in [1.82, 2.24) is 35.3 Å². The first-order chi connectivity index (χ1) is 26.7. The Labute approximate surface area is 331 Å². The number of nitrogens with one attached hydrogen (secondary N) is 2. The quantitative estimate of drug-likeness (QED) is 0.147. The second-order valence-electron chi connectivity index (χ2n) is 14.3. The van der Waals surface area contributed by atoms with Crippen molar-refractivity contribution >= 4 is 40.7 Å². The second-order valence-corrected chi connectivity index (χ2v) is 16.1. The van der Waals surface area contributed by atoms with E-state index in [0.29, 0.717) is 51.6 Å². The van der Waals surface area contributed by atoms with E-state index in [9.17, 15) is 14.4 Å². The van der Waals surface area contributed by atoms with Crippen LogP contribution in [0.15, 0.2) is 77.8 Å². The van der Waals surface area contributed by atoms with Crippen LogP contribution in [0.3, 0.4) is 0 Å². The van der Waals surface area contributed by atoms with E-state index in [0.717, 1.165) is 39.8 Å². The van der Waals surface area contributed by atoms with Gasteiger partial charge in [0, 0.05) is 68.7 Å². The van der Waals surface area contributed by atoms with Crippen LogP contribution < -0.4 is 10.6 Å². The van der Waals surface area contributed by atoms with E-state index in [-0.39, 0.29) is 31.0 Å². The lowest BCUT2D eigenvalue weighted by atomic mass is 10.1. The zero-order valence-corrected chi connectivity index (χ0v) is 33.2. The third-order valence-electron chi connectivity index (χ3n) is 9.69. The molecule has 4 amide bonds.